The monoisotopic (exact) mass is 341 g/mol. The van der Waals surface area contributed by atoms with Crippen LogP contribution >= 0.6 is 11.6 Å². The van der Waals surface area contributed by atoms with Crippen molar-refractivity contribution in [3.8, 4) is 0 Å². The first kappa shape index (κ1) is 15.8. The lowest BCUT2D eigenvalue weighted by atomic mass is 10.2. The molecule has 0 radical (unpaired) electrons. The number of rotatable bonds is 4. The number of hydrogen-bond acceptors (Lipinski definition) is 4. The van der Waals surface area contributed by atoms with Gasteiger partial charge in [0.1, 0.15) is 5.82 Å². The van der Waals surface area contributed by atoms with E-state index in [2.05, 4.69) is 15.6 Å². The largest absolute Gasteiger partial charge is 0.459 e. The predicted molar refractivity (Wildman–Crippen MR) is 90.3 cm³/mol. The molecule has 0 atom stereocenters. The third kappa shape index (κ3) is 3.80. The molecule has 2 aromatic heterocycles. The molecular formula is C17H12ClN3O3. The van der Waals surface area contributed by atoms with Crippen LogP contribution in [0.25, 0.3) is 0 Å². The molecule has 0 aliphatic rings. The molecule has 0 aliphatic heterocycles. The molecule has 0 aliphatic carbocycles. The summed E-state index contributed by atoms with van der Waals surface area (Å²) in [6.07, 6.45) is 2.86. The first-order chi connectivity index (χ1) is 11.6. The predicted octanol–water partition coefficient (Wildman–Crippen LogP) is 3.83. The molecule has 2 N–H and O–H groups in total. The van der Waals surface area contributed by atoms with E-state index in [1.54, 1.807) is 48.5 Å². The third-order valence-corrected chi connectivity index (χ3v) is 3.33. The van der Waals surface area contributed by atoms with Crippen molar-refractivity contribution in [3.05, 3.63) is 77.3 Å². The molecule has 1 aromatic carbocycles. The zero-order valence-corrected chi connectivity index (χ0v) is 13.1. The lowest BCUT2D eigenvalue weighted by Gasteiger charge is -2.06. The lowest BCUT2D eigenvalue weighted by molar-refractivity contribution is 0.0994. The van der Waals surface area contributed by atoms with Crippen LogP contribution in [-0.4, -0.2) is 16.8 Å². The van der Waals surface area contributed by atoms with Gasteiger partial charge in [0, 0.05) is 10.6 Å². The maximum atomic E-state index is 12.1. The smallest absolute Gasteiger partial charge is 0.291 e. The van der Waals surface area contributed by atoms with Gasteiger partial charge in [-0.1, -0.05) is 17.7 Å². The van der Waals surface area contributed by atoms with E-state index >= 15 is 0 Å². The SMILES string of the molecule is O=C(Nc1ccc(NC(=O)c2ccco2)cn1)c1cccc(Cl)c1. The fraction of sp³-hybridized carbons (Fsp3) is 0. The highest BCUT2D eigenvalue weighted by atomic mass is 35.5. The molecule has 2 amide bonds. The molecule has 120 valence electrons. The molecule has 0 bridgehead atoms. The van der Waals surface area contributed by atoms with Crippen LogP contribution in [0.3, 0.4) is 0 Å². The summed E-state index contributed by atoms with van der Waals surface area (Å²) in [5.41, 5.74) is 0.914. The van der Waals surface area contributed by atoms with Gasteiger partial charge >= 0.3 is 0 Å². The number of furan rings is 1. The minimum Gasteiger partial charge on any atom is -0.459 e. The maximum absolute atomic E-state index is 12.1. The van der Waals surface area contributed by atoms with Crippen LogP contribution in [0.2, 0.25) is 5.02 Å². The summed E-state index contributed by atoms with van der Waals surface area (Å²) in [7, 11) is 0. The molecule has 24 heavy (non-hydrogen) atoms. The van der Waals surface area contributed by atoms with Crippen LogP contribution in [0.4, 0.5) is 11.5 Å². The number of hydrogen-bond donors (Lipinski definition) is 2. The molecule has 7 heteroatoms. The van der Waals surface area contributed by atoms with E-state index in [0.717, 1.165) is 0 Å². The van der Waals surface area contributed by atoms with E-state index in [0.29, 0.717) is 22.1 Å². The van der Waals surface area contributed by atoms with E-state index < -0.39 is 0 Å². The summed E-state index contributed by atoms with van der Waals surface area (Å²) in [6.45, 7) is 0. The van der Waals surface area contributed by atoms with Crippen molar-refractivity contribution in [3.63, 3.8) is 0 Å². The Morgan fingerprint density at radius 1 is 1.00 bits per heavy atom. The van der Waals surface area contributed by atoms with Gasteiger partial charge in [0.05, 0.1) is 18.1 Å². The third-order valence-electron chi connectivity index (χ3n) is 3.09. The molecule has 0 saturated heterocycles. The second-order valence-electron chi connectivity index (χ2n) is 4.83. The van der Waals surface area contributed by atoms with Crippen molar-refractivity contribution in [2.45, 2.75) is 0 Å². The summed E-state index contributed by atoms with van der Waals surface area (Å²) in [5, 5.41) is 5.77. The van der Waals surface area contributed by atoms with Crippen LogP contribution in [0.5, 0.6) is 0 Å². The number of nitrogens with zero attached hydrogens (tertiary/aromatic N) is 1. The minimum atomic E-state index is -0.377. The Kier molecular flexibility index (Phi) is 4.58. The van der Waals surface area contributed by atoms with E-state index in [1.807, 2.05) is 0 Å². The number of anilines is 2. The highest BCUT2D eigenvalue weighted by Gasteiger charge is 2.10. The standard InChI is InChI=1S/C17H12ClN3O3/c18-12-4-1-3-11(9-12)16(22)21-15-7-6-13(10-19-15)20-17(23)14-5-2-8-24-14/h1-10H,(H,20,23)(H,19,21,22). The summed E-state index contributed by atoms with van der Waals surface area (Å²) in [6, 6.07) is 13.0. The van der Waals surface area contributed by atoms with Gasteiger partial charge < -0.3 is 15.1 Å². The van der Waals surface area contributed by atoms with Gasteiger partial charge in [-0.15, -0.1) is 0 Å². The highest BCUT2D eigenvalue weighted by Crippen LogP contribution is 2.14. The Morgan fingerprint density at radius 2 is 1.88 bits per heavy atom. The number of halogens is 1. The number of carbonyl (C=O) groups excluding carboxylic acids is 2. The molecule has 3 aromatic rings. The fourth-order valence-electron chi connectivity index (χ4n) is 1.96. The Morgan fingerprint density at radius 3 is 2.54 bits per heavy atom. The van der Waals surface area contributed by atoms with Crippen LogP contribution in [0.15, 0.2) is 65.4 Å². The summed E-state index contributed by atoms with van der Waals surface area (Å²) < 4.78 is 5.00. The quantitative estimate of drug-likeness (QED) is 0.755. The second-order valence-corrected chi connectivity index (χ2v) is 5.26. The molecular weight excluding hydrogens is 330 g/mol. The molecule has 2 heterocycles. The zero-order chi connectivity index (χ0) is 16.9. The summed E-state index contributed by atoms with van der Waals surface area (Å²) in [4.78, 5) is 28.0. The molecule has 0 spiro atoms. The Hall–Kier alpha value is -3.12. The molecule has 6 nitrogen and oxygen atoms in total. The lowest BCUT2D eigenvalue weighted by Crippen LogP contribution is -2.14. The topological polar surface area (TPSA) is 84.2 Å². The molecule has 0 saturated carbocycles. The fourth-order valence-corrected chi connectivity index (χ4v) is 2.15. The Labute approximate surface area is 142 Å². The number of carbonyl (C=O) groups is 2. The number of amides is 2. The second kappa shape index (κ2) is 6.97. The van der Waals surface area contributed by atoms with E-state index in [9.17, 15) is 9.59 Å². The maximum Gasteiger partial charge on any atom is 0.291 e. The van der Waals surface area contributed by atoms with Crippen molar-refractivity contribution >= 4 is 34.9 Å². The van der Waals surface area contributed by atoms with Gasteiger partial charge in [-0.3, -0.25) is 9.59 Å². The summed E-state index contributed by atoms with van der Waals surface area (Å²) >= 11 is 5.86. The molecule has 0 fully saturated rings. The Bertz CT molecular complexity index is 861. The van der Waals surface area contributed by atoms with Gasteiger partial charge in [0.2, 0.25) is 0 Å². The average Bonchev–Trinajstić information content (AvgIpc) is 3.11. The van der Waals surface area contributed by atoms with Crippen LogP contribution in [0.1, 0.15) is 20.9 Å². The van der Waals surface area contributed by atoms with Crippen molar-refractivity contribution in [2.75, 3.05) is 10.6 Å². The number of pyridine rings is 1. The van der Waals surface area contributed by atoms with Crippen molar-refractivity contribution < 1.29 is 14.0 Å². The normalized spacial score (nSPS) is 10.2. The summed E-state index contributed by atoms with van der Waals surface area (Å²) in [5.74, 6) is -0.140. The van der Waals surface area contributed by atoms with Crippen molar-refractivity contribution in [1.29, 1.82) is 0 Å². The van der Waals surface area contributed by atoms with Gasteiger partial charge in [-0.2, -0.15) is 0 Å². The number of benzene rings is 1. The van der Waals surface area contributed by atoms with Crippen LogP contribution in [0, 0.1) is 0 Å². The van der Waals surface area contributed by atoms with E-state index in [1.165, 1.54) is 12.5 Å². The zero-order valence-electron chi connectivity index (χ0n) is 12.3. The first-order valence-electron chi connectivity index (χ1n) is 6.99. The van der Waals surface area contributed by atoms with Gasteiger partial charge in [-0.25, -0.2) is 4.98 Å². The highest BCUT2D eigenvalue weighted by molar-refractivity contribution is 6.31. The molecule has 3 rings (SSSR count). The number of aromatic nitrogens is 1. The van der Waals surface area contributed by atoms with Gasteiger partial charge in [0.15, 0.2) is 5.76 Å². The van der Waals surface area contributed by atoms with Gasteiger partial charge in [0.25, 0.3) is 11.8 Å². The Balaban J connectivity index is 1.64. The number of nitrogens with one attached hydrogen (secondary N) is 2. The van der Waals surface area contributed by atoms with E-state index in [4.69, 9.17) is 16.0 Å². The average molecular weight is 342 g/mol. The minimum absolute atomic E-state index is 0.202. The van der Waals surface area contributed by atoms with Crippen molar-refractivity contribution in [2.24, 2.45) is 0 Å². The molecule has 0 unspecified atom stereocenters. The van der Waals surface area contributed by atoms with E-state index in [-0.39, 0.29) is 17.6 Å². The van der Waals surface area contributed by atoms with Crippen molar-refractivity contribution in [1.82, 2.24) is 4.98 Å². The van der Waals surface area contributed by atoms with Crippen LogP contribution in [-0.2, 0) is 0 Å². The van der Waals surface area contributed by atoms with Gasteiger partial charge in [-0.05, 0) is 42.5 Å². The first-order valence-corrected chi connectivity index (χ1v) is 7.37. The van der Waals surface area contributed by atoms with Crippen LogP contribution < -0.4 is 10.6 Å².